The number of sulfonamides is 1. The van der Waals surface area contributed by atoms with Gasteiger partial charge in [-0.15, -0.1) is 0 Å². The number of nitrogens with one attached hydrogen (secondary N) is 2. The summed E-state index contributed by atoms with van der Waals surface area (Å²) >= 11 is 0. The van der Waals surface area contributed by atoms with E-state index in [0.717, 1.165) is 31.7 Å². The maximum absolute atomic E-state index is 13.4. The fourth-order valence-electron chi connectivity index (χ4n) is 1.93. The van der Waals surface area contributed by atoms with E-state index in [2.05, 4.69) is 10.0 Å². The van der Waals surface area contributed by atoms with E-state index in [4.69, 9.17) is 0 Å². The van der Waals surface area contributed by atoms with Crippen LogP contribution in [0.1, 0.15) is 38.2 Å². The summed E-state index contributed by atoms with van der Waals surface area (Å²) < 4.78 is 40.4. The van der Waals surface area contributed by atoms with E-state index in [-0.39, 0.29) is 4.90 Å². The van der Waals surface area contributed by atoms with E-state index in [1.165, 1.54) is 6.07 Å². The Morgan fingerprint density at radius 2 is 2.10 bits per heavy atom. The van der Waals surface area contributed by atoms with Gasteiger partial charge in [0, 0.05) is 19.1 Å². The molecule has 112 valence electrons. The molecule has 1 saturated carbocycles. The van der Waals surface area contributed by atoms with E-state index in [9.17, 15) is 12.8 Å². The normalized spacial score (nSPS) is 15.5. The van der Waals surface area contributed by atoms with Gasteiger partial charge in [-0.2, -0.15) is 0 Å². The molecule has 0 radical (unpaired) electrons. The highest BCUT2D eigenvalue weighted by Crippen LogP contribution is 2.22. The van der Waals surface area contributed by atoms with Gasteiger partial charge >= 0.3 is 0 Å². The largest absolute Gasteiger partial charge is 0.310 e. The predicted octanol–water partition coefficient (Wildman–Crippen LogP) is 2.16. The van der Waals surface area contributed by atoms with Crippen molar-refractivity contribution in [3.63, 3.8) is 0 Å². The zero-order chi connectivity index (χ0) is 14.6. The Hall–Kier alpha value is -0.980. The van der Waals surface area contributed by atoms with E-state index < -0.39 is 15.8 Å². The van der Waals surface area contributed by atoms with Crippen molar-refractivity contribution in [3.8, 4) is 0 Å². The van der Waals surface area contributed by atoms with E-state index >= 15 is 0 Å². The first-order valence-corrected chi connectivity index (χ1v) is 8.52. The molecule has 0 unspecified atom stereocenters. The Morgan fingerprint density at radius 3 is 2.75 bits per heavy atom. The van der Waals surface area contributed by atoms with Crippen LogP contribution in [0, 0.1) is 5.82 Å². The molecular weight excluding hydrogens is 279 g/mol. The molecule has 1 aromatic rings. The van der Waals surface area contributed by atoms with Crippen molar-refractivity contribution in [3.05, 3.63) is 29.6 Å². The number of rotatable bonds is 8. The van der Waals surface area contributed by atoms with E-state index in [1.54, 1.807) is 6.07 Å². The lowest BCUT2D eigenvalue weighted by Crippen LogP contribution is -2.27. The average Bonchev–Trinajstić information content (AvgIpc) is 3.21. The fourth-order valence-corrected chi connectivity index (χ4v) is 3.25. The van der Waals surface area contributed by atoms with Crippen LogP contribution in [0.2, 0.25) is 0 Å². The number of hydrogen-bond donors (Lipinski definition) is 2. The Labute approximate surface area is 119 Å². The minimum atomic E-state index is -3.64. The van der Waals surface area contributed by atoms with Gasteiger partial charge in [-0.1, -0.05) is 19.4 Å². The lowest BCUT2D eigenvalue weighted by atomic mass is 10.2. The molecule has 0 spiro atoms. The Balaban J connectivity index is 2.15. The molecule has 0 saturated heterocycles. The van der Waals surface area contributed by atoms with Crippen molar-refractivity contribution >= 4 is 10.0 Å². The molecule has 4 nitrogen and oxygen atoms in total. The van der Waals surface area contributed by atoms with Crippen LogP contribution in [0.5, 0.6) is 0 Å². The average molecular weight is 300 g/mol. The van der Waals surface area contributed by atoms with E-state index in [1.807, 2.05) is 6.92 Å². The van der Waals surface area contributed by atoms with Gasteiger partial charge in [0.2, 0.25) is 10.0 Å². The van der Waals surface area contributed by atoms with Crippen LogP contribution in [0.15, 0.2) is 23.1 Å². The second kappa shape index (κ2) is 6.65. The number of benzene rings is 1. The van der Waals surface area contributed by atoms with Crippen LogP contribution >= 0.6 is 0 Å². The molecule has 1 fully saturated rings. The van der Waals surface area contributed by atoms with Crippen LogP contribution in [-0.4, -0.2) is 21.0 Å². The Bertz CT molecular complexity index is 556. The van der Waals surface area contributed by atoms with Gasteiger partial charge in [0.05, 0.1) is 4.90 Å². The van der Waals surface area contributed by atoms with Gasteiger partial charge in [0.25, 0.3) is 0 Å². The monoisotopic (exact) mass is 300 g/mol. The summed E-state index contributed by atoms with van der Waals surface area (Å²) in [5.74, 6) is -0.531. The lowest BCUT2D eigenvalue weighted by molar-refractivity contribution is 0.570. The van der Waals surface area contributed by atoms with Gasteiger partial charge in [-0.3, -0.25) is 0 Å². The first kappa shape index (κ1) is 15.4. The van der Waals surface area contributed by atoms with Crippen molar-refractivity contribution < 1.29 is 12.8 Å². The summed E-state index contributed by atoms with van der Waals surface area (Å²) in [5, 5.41) is 3.26. The van der Waals surface area contributed by atoms with Crippen molar-refractivity contribution in [1.29, 1.82) is 0 Å². The molecule has 0 aliphatic heterocycles. The van der Waals surface area contributed by atoms with E-state index in [0.29, 0.717) is 24.7 Å². The van der Waals surface area contributed by atoms with Gasteiger partial charge in [0.15, 0.2) is 0 Å². The second-order valence-electron chi connectivity index (χ2n) is 5.16. The predicted molar refractivity (Wildman–Crippen MR) is 76.4 cm³/mol. The molecule has 6 heteroatoms. The standard InChI is InChI=1S/C14H21FN2O2S/c1-2-3-8-17-20(18,19)14-9-12(15)5-4-11(14)10-16-13-6-7-13/h4-5,9,13,16-17H,2-3,6-8,10H2,1H3. The third-order valence-corrected chi connectivity index (χ3v) is 4.84. The fraction of sp³-hybridized carbons (Fsp3) is 0.571. The molecule has 0 amide bonds. The Morgan fingerprint density at radius 1 is 1.35 bits per heavy atom. The van der Waals surface area contributed by atoms with Crippen LogP contribution in [0.25, 0.3) is 0 Å². The molecule has 1 aromatic carbocycles. The molecule has 20 heavy (non-hydrogen) atoms. The summed E-state index contributed by atoms with van der Waals surface area (Å²) in [6.45, 7) is 2.82. The summed E-state index contributed by atoms with van der Waals surface area (Å²) in [6, 6.07) is 4.41. The zero-order valence-electron chi connectivity index (χ0n) is 11.7. The van der Waals surface area contributed by atoms with Gasteiger partial charge in [-0.25, -0.2) is 17.5 Å². The topological polar surface area (TPSA) is 58.2 Å². The van der Waals surface area contributed by atoms with Crippen LogP contribution in [0.3, 0.4) is 0 Å². The minimum Gasteiger partial charge on any atom is -0.310 e. The number of hydrogen-bond acceptors (Lipinski definition) is 3. The third-order valence-electron chi connectivity index (χ3n) is 3.30. The van der Waals surface area contributed by atoms with Gasteiger partial charge < -0.3 is 5.32 Å². The smallest absolute Gasteiger partial charge is 0.240 e. The maximum atomic E-state index is 13.4. The van der Waals surface area contributed by atoms with Crippen molar-refractivity contribution in [2.24, 2.45) is 0 Å². The minimum absolute atomic E-state index is 0.0433. The zero-order valence-corrected chi connectivity index (χ0v) is 12.5. The molecule has 0 atom stereocenters. The molecule has 1 aliphatic rings. The molecule has 0 heterocycles. The SMILES string of the molecule is CCCCNS(=O)(=O)c1cc(F)ccc1CNC1CC1. The molecule has 1 aliphatic carbocycles. The molecule has 2 rings (SSSR count). The second-order valence-corrected chi connectivity index (χ2v) is 6.89. The molecule has 2 N–H and O–H groups in total. The first-order valence-electron chi connectivity index (χ1n) is 7.04. The van der Waals surface area contributed by atoms with Gasteiger partial charge in [-0.05, 0) is 37.0 Å². The number of unbranched alkanes of at least 4 members (excludes halogenated alkanes) is 1. The first-order chi connectivity index (χ1) is 9.53. The van der Waals surface area contributed by atoms with Crippen LogP contribution in [0.4, 0.5) is 4.39 Å². The van der Waals surface area contributed by atoms with Crippen molar-refractivity contribution in [2.75, 3.05) is 6.54 Å². The third kappa shape index (κ3) is 4.26. The molecule has 0 bridgehead atoms. The van der Waals surface area contributed by atoms with Gasteiger partial charge in [0.1, 0.15) is 5.82 Å². The van der Waals surface area contributed by atoms with Crippen molar-refractivity contribution in [1.82, 2.24) is 10.0 Å². The summed E-state index contributed by atoms with van der Waals surface area (Å²) in [5.41, 5.74) is 0.613. The highest BCUT2D eigenvalue weighted by atomic mass is 32.2. The van der Waals surface area contributed by atoms with Crippen LogP contribution < -0.4 is 10.0 Å². The van der Waals surface area contributed by atoms with Crippen LogP contribution in [-0.2, 0) is 16.6 Å². The number of halogens is 1. The van der Waals surface area contributed by atoms with Crippen molar-refractivity contribution in [2.45, 2.75) is 50.1 Å². The summed E-state index contributed by atoms with van der Waals surface area (Å²) in [7, 11) is -3.64. The summed E-state index contributed by atoms with van der Waals surface area (Å²) in [6.07, 6.45) is 3.92. The highest BCUT2D eigenvalue weighted by molar-refractivity contribution is 7.89. The Kier molecular flexibility index (Phi) is 5.12. The summed E-state index contributed by atoms with van der Waals surface area (Å²) in [4.78, 5) is 0.0433. The lowest BCUT2D eigenvalue weighted by Gasteiger charge is -2.12. The molecular formula is C14H21FN2O2S. The highest BCUT2D eigenvalue weighted by Gasteiger charge is 2.23. The molecule has 0 aromatic heterocycles. The quantitative estimate of drug-likeness (QED) is 0.723. The maximum Gasteiger partial charge on any atom is 0.240 e.